The SMILES string of the molecule is COCCNC(=O)N[C@@H](c1cccnc1)C1CCOCC1. The van der Waals surface area contributed by atoms with Gasteiger partial charge in [0.05, 0.1) is 12.6 Å². The number of hydrogen-bond donors (Lipinski definition) is 2. The number of aromatic nitrogens is 1. The van der Waals surface area contributed by atoms with Crippen LogP contribution in [0, 0.1) is 5.92 Å². The third kappa shape index (κ3) is 4.99. The number of nitrogens with zero attached hydrogens (tertiary/aromatic N) is 1. The molecular weight excluding hydrogens is 270 g/mol. The molecule has 0 unspecified atom stereocenters. The van der Waals surface area contributed by atoms with Crippen LogP contribution in [0.2, 0.25) is 0 Å². The van der Waals surface area contributed by atoms with E-state index in [9.17, 15) is 4.79 Å². The molecular formula is C15H23N3O3. The van der Waals surface area contributed by atoms with E-state index in [1.165, 1.54) is 0 Å². The normalized spacial score (nSPS) is 17.2. The Hall–Kier alpha value is -1.66. The van der Waals surface area contributed by atoms with E-state index < -0.39 is 0 Å². The van der Waals surface area contributed by atoms with E-state index in [2.05, 4.69) is 15.6 Å². The molecule has 0 aliphatic carbocycles. The molecule has 116 valence electrons. The van der Waals surface area contributed by atoms with Gasteiger partial charge in [-0.1, -0.05) is 6.07 Å². The average Bonchev–Trinajstić information content (AvgIpc) is 2.54. The monoisotopic (exact) mass is 293 g/mol. The molecule has 1 aromatic heterocycles. The molecule has 0 spiro atoms. The standard InChI is InChI=1S/C15H23N3O3/c1-20-10-7-17-15(19)18-14(12-4-8-21-9-5-12)13-3-2-6-16-11-13/h2-3,6,11-12,14H,4-5,7-10H2,1H3,(H2,17,18,19)/t14-/m1/s1. The second kappa shape index (κ2) is 8.59. The highest BCUT2D eigenvalue weighted by Crippen LogP contribution is 2.29. The number of methoxy groups -OCH3 is 1. The predicted octanol–water partition coefficient (Wildman–Crippen LogP) is 1.49. The third-order valence-electron chi connectivity index (χ3n) is 3.66. The summed E-state index contributed by atoms with van der Waals surface area (Å²) < 4.78 is 10.3. The minimum absolute atomic E-state index is 0.0369. The summed E-state index contributed by atoms with van der Waals surface area (Å²) in [6, 6.07) is 3.69. The van der Waals surface area contributed by atoms with Gasteiger partial charge >= 0.3 is 6.03 Å². The third-order valence-corrected chi connectivity index (χ3v) is 3.66. The first kappa shape index (κ1) is 15.7. The molecule has 6 heteroatoms. The van der Waals surface area contributed by atoms with Gasteiger partial charge in [0, 0.05) is 39.3 Å². The minimum Gasteiger partial charge on any atom is -0.383 e. The Bertz CT molecular complexity index is 421. The summed E-state index contributed by atoms with van der Waals surface area (Å²) in [6.45, 7) is 2.49. The van der Waals surface area contributed by atoms with Crippen LogP contribution in [0.1, 0.15) is 24.4 Å². The Kier molecular flexibility index (Phi) is 6.43. The maximum Gasteiger partial charge on any atom is 0.315 e. The fourth-order valence-electron chi connectivity index (χ4n) is 2.54. The number of carbonyl (C=O) groups excluding carboxylic acids is 1. The second-order valence-corrected chi connectivity index (χ2v) is 5.11. The lowest BCUT2D eigenvalue weighted by Gasteiger charge is -2.31. The van der Waals surface area contributed by atoms with Crippen molar-refractivity contribution >= 4 is 6.03 Å². The molecule has 1 aliphatic rings. The molecule has 2 N–H and O–H groups in total. The highest BCUT2D eigenvalue weighted by Gasteiger charge is 2.26. The van der Waals surface area contributed by atoms with Crippen LogP contribution in [0.5, 0.6) is 0 Å². The van der Waals surface area contributed by atoms with E-state index in [1.54, 1.807) is 13.3 Å². The lowest BCUT2D eigenvalue weighted by Crippen LogP contribution is -2.42. The van der Waals surface area contributed by atoms with Crippen LogP contribution >= 0.6 is 0 Å². The van der Waals surface area contributed by atoms with E-state index >= 15 is 0 Å². The van der Waals surface area contributed by atoms with Crippen molar-refractivity contribution in [3.8, 4) is 0 Å². The fraction of sp³-hybridized carbons (Fsp3) is 0.600. The van der Waals surface area contributed by atoms with Crippen molar-refractivity contribution in [2.75, 3.05) is 33.5 Å². The molecule has 6 nitrogen and oxygen atoms in total. The van der Waals surface area contributed by atoms with Crippen molar-refractivity contribution in [2.24, 2.45) is 5.92 Å². The first-order valence-electron chi connectivity index (χ1n) is 7.32. The molecule has 21 heavy (non-hydrogen) atoms. The van der Waals surface area contributed by atoms with Crippen LogP contribution in [-0.2, 0) is 9.47 Å². The Morgan fingerprint density at radius 2 is 2.33 bits per heavy atom. The zero-order valence-corrected chi connectivity index (χ0v) is 12.4. The van der Waals surface area contributed by atoms with E-state index in [0.29, 0.717) is 19.1 Å². The molecule has 1 atom stereocenters. The number of amides is 2. The number of carbonyl (C=O) groups is 1. The van der Waals surface area contributed by atoms with Crippen molar-refractivity contribution < 1.29 is 14.3 Å². The molecule has 2 amide bonds. The van der Waals surface area contributed by atoms with Gasteiger partial charge < -0.3 is 20.1 Å². The summed E-state index contributed by atoms with van der Waals surface area (Å²) in [5.41, 5.74) is 1.03. The highest BCUT2D eigenvalue weighted by molar-refractivity contribution is 5.74. The average molecular weight is 293 g/mol. The van der Waals surface area contributed by atoms with Crippen LogP contribution in [0.15, 0.2) is 24.5 Å². The number of ether oxygens (including phenoxy) is 2. The van der Waals surface area contributed by atoms with E-state index in [-0.39, 0.29) is 12.1 Å². The fourth-order valence-corrected chi connectivity index (χ4v) is 2.54. The summed E-state index contributed by atoms with van der Waals surface area (Å²) >= 11 is 0. The summed E-state index contributed by atoms with van der Waals surface area (Å²) in [4.78, 5) is 16.2. The summed E-state index contributed by atoms with van der Waals surface area (Å²) in [7, 11) is 1.61. The van der Waals surface area contributed by atoms with Crippen LogP contribution in [-0.4, -0.2) is 44.5 Å². The molecule has 0 aromatic carbocycles. The zero-order valence-electron chi connectivity index (χ0n) is 12.4. The maximum absolute atomic E-state index is 12.0. The van der Waals surface area contributed by atoms with Crippen LogP contribution < -0.4 is 10.6 Å². The van der Waals surface area contributed by atoms with Crippen molar-refractivity contribution in [1.29, 1.82) is 0 Å². The van der Waals surface area contributed by atoms with Crippen molar-refractivity contribution in [3.05, 3.63) is 30.1 Å². The topological polar surface area (TPSA) is 72.5 Å². The second-order valence-electron chi connectivity index (χ2n) is 5.11. The quantitative estimate of drug-likeness (QED) is 0.780. The van der Waals surface area contributed by atoms with Gasteiger partial charge in [-0.15, -0.1) is 0 Å². The van der Waals surface area contributed by atoms with Crippen LogP contribution in [0.25, 0.3) is 0 Å². The molecule has 0 radical (unpaired) electrons. The van der Waals surface area contributed by atoms with Crippen molar-refractivity contribution in [3.63, 3.8) is 0 Å². The molecule has 1 saturated heterocycles. The number of urea groups is 1. The number of nitrogens with one attached hydrogen (secondary N) is 2. The molecule has 2 heterocycles. The smallest absolute Gasteiger partial charge is 0.315 e. The summed E-state index contributed by atoms with van der Waals surface area (Å²) in [6.07, 6.45) is 5.44. The van der Waals surface area contributed by atoms with E-state index in [4.69, 9.17) is 9.47 Å². The van der Waals surface area contributed by atoms with Crippen LogP contribution in [0.3, 0.4) is 0 Å². The number of pyridine rings is 1. The highest BCUT2D eigenvalue weighted by atomic mass is 16.5. The van der Waals surface area contributed by atoms with Crippen LogP contribution in [0.4, 0.5) is 4.79 Å². The van der Waals surface area contributed by atoms with E-state index in [0.717, 1.165) is 31.6 Å². The largest absolute Gasteiger partial charge is 0.383 e. The Balaban J connectivity index is 1.99. The maximum atomic E-state index is 12.0. The summed E-state index contributed by atoms with van der Waals surface area (Å²) in [5.74, 6) is 0.371. The zero-order chi connectivity index (χ0) is 14.9. The van der Waals surface area contributed by atoms with Gasteiger partial charge in [-0.2, -0.15) is 0 Å². The van der Waals surface area contributed by atoms with E-state index in [1.807, 2.05) is 18.3 Å². The van der Waals surface area contributed by atoms with Gasteiger partial charge in [0.2, 0.25) is 0 Å². The lowest BCUT2D eigenvalue weighted by molar-refractivity contribution is 0.0547. The Morgan fingerprint density at radius 1 is 1.52 bits per heavy atom. The first-order chi connectivity index (χ1) is 10.3. The molecule has 0 saturated carbocycles. The molecule has 1 aliphatic heterocycles. The Morgan fingerprint density at radius 3 is 3.00 bits per heavy atom. The van der Waals surface area contributed by atoms with Crippen molar-refractivity contribution in [1.82, 2.24) is 15.6 Å². The number of hydrogen-bond acceptors (Lipinski definition) is 4. The summed E-state index contributed by atoms with van der Waals surface area (Å²) in [5, 5.41) is 5.86. The van der Waals surface area contributed by atoms with Gasteiger partial charge in [0.1, 0.15) is 0 Å². The predicted molar refractivity (Wildman–Crippen MR) is 78.9 cm³/mol. The molecule has 1 fully saturated rings. The molecule has 2 rings (SSSR count). The van der Waals surface area contributed by atoms with Gasteiger partial charge in [-0.3, -0.25) is 4.98 Å². The minimum atomic E-state index is -0.174. The molecule has 0 bridgehead atoms. The first-order valence-corrected chi connectivity index (χ1v) is 7.32. The number of rotatable bonds is 6. The van der Waals surface area contributed by atoms with Crippen molar-refractivity contribution in [2.45, 2.75) is 18.9 Å². The van der Waals surface area contributed by atoms with Gasteiger partial charge in [0.15, 0.2) is 0 Å². The Labute approximate surface area is 125 Å². The lowest BCUT2D eigenvalue weighted by atomic mass is 9.88. The van der Waals surface area contributed by atoms with Gasteiger partial charge in [0.25, 0.3) is 0 Å². The van der Waals surface area contributed by atoms with Gasteiger partial charge in [-0.25, -0.2) is 4.79 Å². The molecule has 1 aromatic rings. The van der Waals surface area contributed by atoms with Gasteiger partial charge in [-0.05, 0) is 30.4 Å².